The van der Waals surface area contributed by atoms with Crippen LogP contribution in [0.3, 0.4) is 0 Å². The molecule has 3 aromatic rings. The average Bonchev–Trinajstić information content (AvgIpc) is 2.96. The predicted octanol–water partition coefficient (Wildman–Crippen LogP) is 4.74. The molecule has 0 atom stereocenters. The van der Waals surface area contributed by atoms with Crippen LogP contribution in [0.2, 0.25) is 10.3 Å². The number of halogens is 2. The van der Waals surface area contributed by atoms with Gasteiger partial charge in [0.25, 0.3) is 0 Å². The van der Waals surface area contributed by atoms with Gasteiger partial charge in [-0.2, -0.15) is 0 Å². The third kappa shape index (κ3) is 4.06. The zero-order valence-corrected chi connectivity index (χ0v) is 15.3. The normalized spacial score (nSPS) is 11.0. The Kier molecular flexibility index (Phi) is 5.71. The maximum absolute atomic E-state index is 5.95. The van der Waals surface area contributed by atoms with Gasteiger partial charge in [0, 0.05) is 30.3 Å². The molecule has 3 heterocycles. The van der Waals surface area contributed by atoms with Gasteiger partial charge in [-0.25, -0.2) is 4.98 Å². The summed E-state index contributed by atoms with van der Waals surface area (Å²) >= 11 is 13.5. The number of thioether (sulfide) groups is 1. The van der Waals surface area contributed by atoms with Crippen molar-refractivity contribution in [3.63, 3.8) is 0 Å². The molecule has 24 heavy (non-hydrogen) atoms. The molecule has 0 fully saturated rings. The summed E-state index contributed by atoms with van der Waals surface area (Å²) in [6.45, 7) is 2.98. The zero-order chi connectivity index (χ0) is 16.9. The van der Waals surface area contributed by atoms with E-state index in [1.54, 1.807) is 24.2 Å². The Morgan fingerprint density at radius 2 is 1.79 bits per heavy atom. The van der Waals surface area contributed by atoms with Gasteiger partial charge in [-0.3, -0.25) is 4.98 Å². The molecule has 0 radical (unpaired) electrons. The van der Waals surface area contributed by atoms with Crippen LogP contribution in [0.15, 0.2) is 41.8 Å². The summed E-state index contributed by atoms with van der Waals surface area (Å²) < 4.78 is 2.13. The quantitative estimate of drug-likeness (QED) is 0.457. The van der Waals surface area contributed by atoms with Crippen LogP contribution >= 0.6 is 35.0 Å². The van der Waals surface area contributed by atoms with Gasteiger partial charge >= 0.3 is 0 Å². The van der Waals surface area contributed by atoms with Gasteiger partial charge in [0.1, 0.15) is 10.3 Å². The minimum atomic E-state index is 0.394. The van der Waals surface area contributed by atoms with E-state index in [1.807, 2.05) is 24.3 Å². The molecule has 0 saturated heterocycles. The fraction of sp³-hybridized carbons (Fsp3) is 0.250. The highest BCUT2D eigenvalue weighted by Gasteiger charge is 2.14. The molecule has 3 rings (SSSR count). The van der Waals surface area contributed by atoms with Crippen LogP contribution in [0, 0.1) is 0 Å². The Labute approximate surface area is 154 Å². The number of nitrogens with zero attached hydrogens (tertiary/aromatic N) is 5. The lowest BCUT2D eigenvalue weighted by atomic mass is 10.2. The Bertz CT molecular complexity index is 802. The van der Waals surface area contributed by atoms with Crippen molar-refractivity contribution in [2.75, 3.05) is 0 Å². The number of hydrogen-bond acceptors (Lipinski definition) is 5. The predicted molar refractivity (Wildman–Crippen MR) is 97.4 cm³/mol. The van der Waals surface area contributed by atoms with Crippen molar-refractivity contribution < 1.29 is 0 Å². The molecule has 0 N–H and O–H groups in total. The highest BCUT2D eigenvalue weighted by Crippen LogP contribution is 2.27. The Balaban J connectivity index is 1.84. The van der Waals surface area contributed by atoms with E-state index in [2.05, 4.69) is 31.7 Å². The number of hydrogen-bond donors (Lipinski definition) is 0. The minimum Gasteiger partial charge on any atom is -0.302 e. The van der Waals surface area contributed by atoms with E-state index >= 15 is 0 Å². The van der Waals surface area contributed by atoms with Crippen LogP contribution in [-0.4, -0.2) is 24.7 Å². The second-order valence-corrected chi connectivity index (χ2v) is 6.82. The van der Waals surface area contributed by atoms with Crippen molar-refractivity contribution >= 4 is 35.0 Å². The van der Waals surface area contributed by atoms with Gasteiger partial charge < -0.3 is 4.57 Å². The fourth-order valence-electron chi connectivity index (χ4n) is 2.28. The molecule has 0 aliphatic carbocycles. The summed E-state index contributed by atoms with van der Waals surface area (Å²) in [6, 6.07) is 7.50. The lowest BCUT2D eigenvalue weighted by Crippen LogP contribution is -2.02. The van der Waals surface area contributed by atoms with Crippen LogP contribution in [0.1, 0.15) is 18.9 Å². The van der Waals surface area contributed by atoms with E-state index < -0.39 is 0 Å². The van der Waals surface area contributed by atoms with Gasteiger partial charge in [-0.1, -0.05) is 41.9 Å². The zero-order valence-electron chi connectivity index (χ0n) is 13.0. The van der Waals surface area contributed by atoms with Gasteiger partial charge in [0.15, 0.2) is 11.0 Å². The lowest BCUT2D eigenvalue weighted by Gasteiger charge is -2.09. The Morgan fingerprint density at radius 3 is 2.46 bits per heavy atom. The monoisotopic (exact) mass is 379 g/mol. The molecule has 8 heteroatoms. The van der Waals surface area contributed by atoms with E-state index in [0.29, 0.717) is 16.1 Å². The first kappa shape index (κ1) is 17.2. The molecule has 124 valence electrons. The molecule has 0 aliphatic heterocycles. The molecule has 0 aromatic carbocycles. The van der Waals surface area contributed by atoms with Crippen LogP contribution in [-0.2, 0) is 12.3 Å². The van der Waals surface area contributed by atoms with Gasteiger partial charge in [0.05, 0.1) is 0 Å². The molecule has 3 aromatic heterocycles. The standard InChI is InChI=1S/C16H15Cl2N5S/c1-2-7-23-15(12-3-5-19-6-4-12)21-22-16(23)24-10-11-8-13(17)20-14(18)9-11/h3-6,8-9H,2,7,10H2,1H3. The smallest absolute Gasteiger partial charge is 0.191 e. The SMILES string of the molecule is CCCn1c(SCc2cc(Cl)nc(Cl)c2)nnc1-c1ccncc1. The third-order valence-corrected chi connectivity index (χ3v) is 4.72. The molecule has 0 bridgehead atoms. The van der Waals surface area contributed by atoms with Gasteiger partial charge in [-0.05, 0) is 36.2 Å². The summed E-state index contributed by atoms with van der Waals surface area (Å²) in [6.07, 6.45) is 4.51. The van der Waals surface area contributed by atoms with Crippen molar-refractivity contribution in [1.29, 1.82) is 0 Å². The molecule has 0 amide bonds. The van der Waals surface area contributed by atoms with Crippen molar-refractivity contribution in [3.8, 4) is 11.4 Å². The van der Waals surface area contributed by atoms with Crippen molar-refractivity contribution in [2.45, 2.75) is 30.8 Å². The van der Waals surface area contributed by atoms with E-state index in [0.717, 1.165) is 35.1 Å². The first-order chi connectivity index (χ1) is 11.7. The van der Waals surface area contributed by atoms with Crippen molar-refractivity contribution in [3.05, 3.63) is 52.5 Å². The molecule has 0 saturated carbocycles. The molecular weight excluding hydrogens is 365 g/mol. The fourth-order valence-corrected chi connectivity index (χ4v) is 3.68. The number of pyridine rings is 2. The summed E-state index contributed by atoms with van der Waals surface area (Å²) in [5.41, 5.74) is 2.01. The topological polar surface area (TPSA) is 56.5 Å². The maximum atomic E-state index is 5.95. The van der Waals surface area contributed by atoms with E-state index in [4.69, 9.17) is 23.2 Å². The molecule has 0 unspecified atom stereocenters. The first-order valence-corrected chi connectivity index (χ1v) is 9.20. The van der Waals surface area contributed by atoms with Crippen LogP contribution < -0.4 is 0 Å². The first-order valence-electron chi connectivity index (χ1n) is 7.45. The summed E-state index contributed by atoms with van der Waals surface area (Å²) in [7, 11) is 0. The highest BCUT2D eigenvalue weighted by atomic mass is 35.5. The summed E-state index contributed by atoms with van der Waals surface area (Å²) in [5.74, 6) is 1.55. The second kappa shape index (κ2) is 7.96. The van der Waals surface area contributed by atoms with Crippen molar-refractivity contribution in [2.24, 2.45) is 0 Å². The number of aromatic nitrogens is 5. The molecular formula is C16H15Cl2N5S. The van der Waals surface area contributed by atoms with Crippen molar-refractivity contribution in [1.82, 2.24) is 24.7 Å². The Morgan fingerprint density at radius 1 is 1.08 bits per heavy atom. The molecule has 5 nitrogen and oxygen atoms in total. The van der Waals surface area contributed by atoms with E-state index in [-0.39, 0.29) is 0 Å². The average molecular weight is 380 g/mol. The maximum Gasteiger partial charge on any atom is 0.191 e. The van der Waals surface area contributed by atoms with Gasteiger partial charge in [-0.15, -0.1) is 10.2 Å². The summed E-state index contributed by atoms with van der Waals surface area (Å²) in [4.78, 5) is 8.01. The summed E-state index contributed by atoms with van der Waals surface area (Å²) in [5, 5.41) is 10.4. The molecule has 0 spiro atoms. The van der Waals surface area contributed by atoms with E-state index in [1.165, 1.54) is 0 Å². The van der Waals surface area contributed by atoms with E-state index in [9.17, 15) is 0 Å². The third-order valence-electron chi connectivity index (χ3n) is 3.29. The molecule has 0 aliphatic rings. The van der Waals surface area contributed by atoms with Gasteiger partial charge in [0.2, 0.25) is 0 Å². The largest absolute Gasteiger partial charge is 0.302 e. The minimum absolute atomic E-state index is 0.394. The van der Waals surface area contributed by atoms with Crippen LogP contribution in [0.5, 0.6) is 0 Å². The Hall–Kier alpha value is -1.63. The number of rotatable bonds is 6. The van der Waals surface area contributed by atoms with Crippen LogP contribution in [0.4, 0.5) is 0 Å². The van der Waals surface area contributed by atoms with Crippen LogP contribution in [0.25, 0.3) is 11.4 Å². The second-order valence-electron chi connectivity index (χ2n) is 5.10. The lowest BCUT2D eigenvalue weighted by molar-refractivity contribution is 0.626. The highest BCUT2D eigenvalue weighted by molar-refractivity contribution is 7.98.